The summed E-state index contributed by atoms with van der Waals surface area (Å²) in [5.74, 6) is 2.59. The number of fused-ring (bicyclic) bond motifs is 1. The van der Waals surface area contributed by atoms with E-state index >= 15 is 0 Å². The first-order chi connectivity index (χ1) is 19.1. The number of amidine groups is 1. The van der Waals surface area contributed by atoms with Crippen LogP contribution >= 0.6 is 0 Å². The van der Waals surface area contributed by atoms with E-state index in [4.69, 9.17) is 0 Å². The van der Waals surface area contributed by atoms with Crippen LogP contribution in [0.4, 0.5) is 5.69 Å². The zero-order chi connectivity index (χ0) is 28.7. The van der Waals surface area contributed by atoms with Crippen LogP contribution in [0.5, 0.6) is 0 Å². The second kappa shape index (κ2) is 13.3. The van der Waals surface area contributed by atoms with Gasteiger partial charge in [0.1, 0.15) is 18.0 Å². The topological polar surface area (TPSA) is 62.2 Å². The molecule has 5 heteroatoms. The molecule has 1 saturated carbocycles. The smallest absolute Gasteiger partial charge is 0.126 e. The summed E-state index contributed by atoms with van der Waals surface area (Å²) >= 11 is 0. The van der Waals surface area contributed by atoms with Crippen LogP contribution in [0.15, 0.2) is 71.8 Å². The fraction of sp³-hybridized carbons (Fsp3) is 0.457. The molecule has 1 fully saturated rings. The fourth-order valence-electron chi connectivity index (χ4n) is 5.46. The molecule has 3 aromatic rings. The van der Waals surface area contributed by atoms with E-state index in [2.05, 4.69) is 110 Å². The van der Waals surface area contributed by atoms with Gasteiger partial charge in [-0.2, -0.15) is 0 Å². The predicted octanol–water partition coefficient (Wildman–Crippen LogP) is 8.54. The molecule has 2 aliphatic rings. The Morgan fingerprint density at radius 1 is 1.00 bits per heavy atom. The van der Waals surface area contributed by atoms with Crippen LogP contribution in [-0.2, 0) is 12.8 Å². The third-order valence-corrected chi connectivity index (χ3v) is 7.94. The van der Waals surface area contributed by atoms with Crippen LogP contribution in [-0.4, -0.2) is 22.3 Å². The first-order valence-corrected chi connectivity index (χ1v) is 14.9. The van der Waals surface area contributed by atoms with Gasteiger partial charge < -0.3 is 10.6 Å². The lowest BCUT2D eigenvalue weighted by Gasteiger charge is -2.18. The molecule has 0 radical (unpaired) electrons. The summed E-state index contributed by atoms with van der Waals surface area (Å²) < 4.78 is 0. The van der Waals surface area contributed by atoms with Crippen molar-refractivity contribution < 1.29 is 0 Å². The molecule has 1 aliphatic carbocycles. The maximum absolute atomic E-state index is 4.62. The third kappa shape index (κ3) is 8.03. The van der Waals surface area contributed by atoms with Crippen LogP contribution in [0, 0.1) is 18.3 Å². The zero-order valence-electron chi connectivity index (χ0n) is 25.4. The van der Waals surface area contributed by atoms with E-state index < -0.39 is 0 Å². The molecule has 0 atom stereocenters. The highest BCUT2D eigenvalue weighted by atomic mass is 15.1. The molecule has 2 aromatic carbocycles. The normalized spacial score (nSPS) is 15.7. The number of hydrogen-bond acceptors (Lipinski definition) is 5. The average molecular weight is 538 g/mol. The Labute approximate surface area is 241 Å². The molecule has 1 aromatic heterocycles. The van der Waals surface area contributed by atoms with Gasteiger partial charge in [-0.25, -0.2) is 9.97 Å². The van der Waals surface area contributed by atoms with Gasteiger partial charge in [-0.05, 0) is 71.2 Å². The van der Waals surface area contributed by atoms with Gasteiger partial charge in [0.15, 0.2) is 0 Å². The molecular weight excluding hydrogens is 490 g/mol. The molecule has 0 spiro atoms. The SMILES string of the molecule is C=C(NC1=NCC(C(C)(C)C)=C1)Nc1cccc(Cc2ncnc3cc(CC)cc(C)c23)c1.CC1CCCCC1. The predicted molar refractivity (Wildman–Crippen MR) is 171 cm³/mol. The number of nitrogens with one attached hydrogen (secondary N) is 2. The van der Waals surface area contributed by atoms with Crippen molar-refractivity contribution in [3.63, 3.8) is 0 Å². The van der Waals surface area contributed by atoms with Gasteiger partial charge in [0.2, 0.25) is 0 Å². The van der Waals surface area contributed by atoms with Gasteiger partial charge in [0.25, 0.3) is 0 Å². The monoisotopic (exact) mass is 537 g/mol. The molecule has 0 bridgehead atoms. The van der Waals surface area contributed by atoms with Crippen molar-refractivity contribution in [3.8, 4) is 0 Å². The molecule has 2 N–H and O–H groups in total. The van der Waals surface area contributed by atoms with Gasteiger partial charge in [0.05, 0.1) is 17.8 Å². The van der Waals surface area contributed by atoms with E-state index in [1.54, 1.807) is 6.33 Å². The van der Waals surface area contributed by atoms with Gasteiger partial charge >= 0.3 is 0 Å². The summed E-state index contributed by atoms with van der Waals surface area (Å²) in [5, 5.41) is 7.80. The summed E-state index contributed by atoms with van der Waals surface area (Å²) in [4.78, 5) is 13.7. The number of hydrogen-bond donors (Lipinski definition) is 2. The van der Waals surface area contributed by atoms with E-state index in [1.807, 2.05) is 6.07 Å². The van der Waals surface area contributed by atoms with Crippen molar-refractivity contribution in [2.75, 3.05) is 11.9 Å². The van der Waals surface area contributed by atoms with E-state index in [0.717, 1.165) is 53.4 Å². The average Bonchev–Trinajstić information content (AvgIpc) is 3.38. The minimum absolute atomic E-state index is 0.123. The van der Waals surface area contributed by atoms with Gasteiger partial charge in [0, 0.05) is 17.5 Å². The number of aryl methyl sites for hydroxylation is 2. The Morgan fingerprint density at radius 2 is 1.77 bits per heavy atom. The Kier molecular flexibility index (Phi) is 9.78. The third-order valence-electron chi connectivity index (χ3n) is 7.94. The molecule has 1 aliphatic heterocycles. The number of anilines is 1. The molecule has 2 heterocycles. The van der Waals surface area contributed by atoms with Crippen molar-refractivity contribution >= 4 is 22.4 Å². The minimum atomic E-state index is 0.123. The van der Waals surface area contributed by atoms with Crippen LogP contribution in [0.3, 0.4) is 0 Å². The van der Waals surface area contributed by atoms with Gasteiger partial charge in [-0.1, -0.05) is 91.5 Å². The summed E-state index contributed by atoms with van der Waals surface area (Å²) in [5.41, 5.74) is 8.20. The number of rotatable bonds is 6. The number of aliphatic imine (C=N–C) groups is 1. The first-order valence-electron chi connectivity index (χ1n) is 14.9. The molecule has 212 valence electrons. The second-order valence-corrected chi connectivity index (χ2v) is 12.5. The molecule has 0 amide bonds. The zero-order valence-corrected chi connectivity index (χ0v) is 25.4. The van der Waals surface area contributed by atoms with Crippen molar-refractivity contribution in [2.24, 2.45) is 16.3 Å². The summed E-state index contributed by atoms with van der Waals surface area (Å²) in [6.07, 6.45) is 13.0. The Morgan fingerprint density at radius 3 is 2.42 bits per heavy atom. The maximum atomic E-state index is 4.62. The number of nitrogens with zero attached hydrogens (tertiary/aromatic N) is 3. The number of aromatic nitrogens is 2. The van der Waals surface area contributed by atoms with E-state index in [9.17, 15) is 0 Å². The lowest BCUT2D eigenvalue weighted by atomic mass is 9.87. The molecule has 5 nitrogen and oxygen atoms in total. The van der Waals surface area contributed by atoms with Gasteiger partial charge in [-0.15, -0.1) is 0 Å². The van der Waals surface area contributed by atoms with Crippen LogP contribution in [0.1, 0.15) is 89.1 Å². The van der Waals surface area contributed by atoms with Crippen molar-refractivity contribution in [2.45, 2.75) is 86.5 Å². The molecule has 0 unspecified atom stereocenters. The van der Waals surface area contributed by atoms with E-state index in [1.165, 1.54) is 54.4 Å². The number of benzene rings is 2. The van der Waals surface area contributed by atoms with Crippen LogP contribution in [0.25, 0.3) is 10.9 Å². The quantitative estimate of drug-likeness (QED) is 0.331. The fourth-order valence-corrected chi connectivity index (χ4v) is 5.46. The standard InChI is InChI=1S/C28H33N5.C7H14/c1-7-20-11-18(2)27-24(13-20)30-17-31-25(27)14-21-9-8-10-23(12-21)32-19(3)33-26-15-22(16-29-26)28(4,5)6;1-7-5-3-2-4-6-7/h8-13,15,17,32H,3,7,14,16H2,1-2,4-6H3,(H,29,33);7H,2-6H2,1H3. The van der Waals surface area contributed by atoms with Gasteiger partial charge in [-0.3, -0.25) is 4.99 Å². The highest BCUT2D eigenvalue weighted by Crippen LogP contribution is 2.28. The Balaban J connectivity index is 0.000000461. The summed E-state index contributed by atoms with van der Waals surface area (Å²) in [6.45, 7) is 18.2. The van der Waals surface area contributed by atoms with Crippen LogP contribution in [0.2, 0.25) is 0 Å². The first kappa shape index (κ1) is 29.5. The lowest BCUT2D eigenvalue weighted by Crippen LogP contribution is -2.24. The molecule has 40 heavy (non-hydrogen) atoms. The van der Waals surface area contributed by atoms with E-state index in [0.29, 0.717) is 5.82 Å². The maximum Gasteiger partial charge on any atom is 0.126 e. The summed E-state index contributed by atoms with van der Waals surface area (Å²) in [6, 6.07) is 12.8. The highest BCUT2D eigenvalue weighted by Gasteiger charge is 2.21. The summed E-state index contributed by atoms with van der Waals surface area (Å²) in [7, 11) is 0. The molecule has 0 saturated heterocycles. The lowest BCUT2D eigenvalue weighted by molar-refractivity contribution is 0.385. The van der Waals surface area contributed by atoms with E-state index in [-0.39, 0.29) is 5.41 Å². The minimum Gasteiger partial charge on any atom is -0.342 e. The van der Waals surface area contributed by atoms with Crippen LogP contribution < -0.4 is 10.6 Å². The molecule has 5 rings (SSSR count). The highest BCUT2D eigenvalue weighted by molar-refractivity contribution is 5.97. The second-order valence-electron chi connectivity index (χ2n) is 12.5. The van der Waals surface area contributed by atoms with Crippen molar-refractivity contribution in [1.82, 2.24) is 15.3 Å². The molecular formula is C35H47N5. The van der Waals surface area contributed by atoms with Crippen molar-refractivity contribution in [1.29, 1.82) is 0 Å². The largest absolute Gasteiger partial charge is 0.342 e. The Bertz CT molecular complexity index is 1390. The Hall–Kier alpha value is -3.47. The van der Waals surface area contributed by atoms with Crippen molar-refractivity contribution in [3.05, 3.63) is 89.2 Å².